The van der Waals surface area contributed by atoms with Gasteiger partial charge >= 0.3 is 0 Å². The van der Waals surface area contributed by atoms with Crippen LogP contribution < -0.4 is 5.32 Å². The lowest BCUT2D eigenvalue weighted by Gasteiger charge is -2.41. The van der Waals surface area contributed by atoms with Crippen molar-refractivity contribution in [3.8, 4) is 5.69 Å². The topological polar surface area (TPSA) is 47.2 Å². The molecule has 7 heteroatoms. The minimum Gasteiger partial charge on any atom is -0.372 e. The van der Waals surface area contributed by atoms with E-state index in [1.807, 2.05) is 23.0 Å². The summed E-state index contributed by atoms with van der Waals surface area (Å²) in [7, 11) is 0. The number of benzene rings is 1. The van der Waals surface area contributed by atoms with E-state index in [2.05, 4.69) is 57.4 Å². The molecule has 0 radical (unpaired) electrons. The number of piperidine rings is 1. The number of aromatic nitrogens is 3. The van der Waals surface area contributed by atoms with E-state index in [-0.39, 0.29) is 11.1 Å². The van der Waals surface area contributed by atoms with Gasteiger partial charge in [-0.3, -0.25) is 9.58 Å². The number of hydrogen-bond acceptors (Lipinski definition) is 4. The van der Waals surface area contributed by atoms with Gasteiger partial charge < -0.3 is 14.6 Å². The second-order valence-electron chi connectivity index (χ2n) is 9.26. The predicted octanol–water partition coefficient (Wildman–Crippen LogP) is 4.42. The number of hydrogen-bond donors (Lipinski definition) is 1. The number of halogens is 1. The van der Waals surface area contributed by atoms with Crippen LogP contribution in [0.3, 0.4) is 0 Å². The first kappa shape index (κ1) is 19.4. The molecule has 0 bridgehead atoms. The number of aryl methyl sites for hydroxylation is 1. The van der Waals surface area contributed by atoms with E-state index in [0.717, 1.165) is 61.8 Å². The van der Waals surface area contributed by atoms with Crippen LogP contribution in [0.1, 0.15) is 37.4 Å². The molecule has 2 aromatic heterocycles. The average molecular weight is 438 g/mol. The van der Waals surface area contributed by atoms with E-state index in [4.69, 9.17) is 16.3 Å². The van der Waals surface area contributed by atoms with Crippen molar-refractivity contribution in [3.05, 3.63) is 65.2 Å². The summed E-state index contributed by atoms with van der Waals surface area (Å²) in [6, 6.07) is 10.4. The van der Waals surface area contributed by atoms with Crippen LogP contribution in [0.4, 0.5) is 5.69 Å². The number of rotatable bonds is 3. The number of nitrogens with zero attached hydrogens (tertiary/aromatic N) is 4. The number of nitrogens with one attached hydrogen (secondary N) is 1. The largest absolute Gasteiger partial charge is 0.372 e. The van der Waals surface area contributed by atoms with Crippen molar-refractivity contribution < 1.29 is 4.74 Å². The monoisotopic (exact) mass is 437 g/mol. The van der Waals surface area contributed by atoms with E-state index in [9.17, 15) is 0 Å². The van der Waals surface area contributed by atoms with Gasteiger partial charge in [0.25, 0.3) is 0 Å². The molecule has 162 valence electrons. The smallest absolute Gasteiger partial charge is 0.104 e. The van der Waals surface area contributed by atoms with Crippen LogP contribution in [0.25, 0.3) is 5.69 Å². The third-order valence-electron chi connectivity index (χ3n) is 7.26. The van der Waals surface area contributed by atoms with Gasteiger partial charge in [0, 0.05) is 55.6 Å². The van der Waals surface area contributed by atoms with E-state index in [1.54, 1.807) is 0 Å². The molecule has 1 aromatic carbocycles. The van der Waals surface area contributed by atoms with Crippen molar-refractivity contribution in [2.24, 2.45) is 0 Å². The first-order valence-electron chi connectivity index (χ1n) is 11.2. The number of likely N-dealkylation sites (tertiary alicyclic amines) is 1. The molecule has 3 aliphatic rings. The SMILES string of the molecule is CCn1cc(CN2CCC3(CC2)C[C@@]2(CO3)Nc3cc(Cl)ccc3-n3cccc32)cn1. The highest BCUT2D eigenvalue weighted by Gasteiger charge is 2.53. The third kappa shape index (κ3) is 3.20. The summed E-state index contributed by atoms with van der Waals surface area (Å²) >= 11 is 6.32. The van der Waals surface area contributed by atoms with Gasteiger partial charge in [-0.2, -0.15) is 5.10 Å². The number of anilines is 1. The maximum Gasteiger partial charge on any atom is 0.104 e. The van der Waals surface area contributed by atoms with Crippen LogP contribution >= 0.6 is 11.6 Å². The molecule has 3 aromatic rings. The molecule has 2 fully saturated rings. The van der Waals surface area contributed by atoms with Gasteiger partial charge in [-0.25, -0.2) is 0 Å². The van der Waals surface area contributed by atoms with Crippen LogP contribution in [0.2, 0.25) is 5.02 Å². The van der Waals surface area contributed by atoms with Crippen LogP contribution in [0.5, 0.6) is 0 Å². The number of fused-ring (bicyclic) bond motifs is 4. The average Bonchev–Trinajstić information content (AvgIpc) is 3.50. The lowest BCUT2D eigenvalue weighted by atomic mass is 9.79. The highest BCUT2D eigenvalue weighted by atomic mass is 35.5. The van der Waals surface area contributed by atoms with Gasteiger partial charge in [0.1, 0.15) is 5.54 Å². The zero-order valence-electron chi connectivity index (χ0n) is 17.9. The Hall–Kier alpha value is -2.28. The fraction of sp³-hybridized carbons (Fsp3) is 0.458. The van der Waals surface area contributed by atoms with Gasteiger partial charge in [-0.1, -0.05) is 11.6 Å². The number of ether oxygens (including phenoxy) is 1. The molecule has 3 aliphatic heterocycles. The maximum atomic E-state index is 6.61. The molecular formula is C24H28ClN5O. The summed E-state index contributed by atoms with van der Waals surface area (Å²) < 4.78 is 10.9. The Kier molecular flexibility index (Phi) is 4.46. The standard InChI is InChI=1S/C24H28ClN5O/c1-2-29-15-18(13-26-29)14-28-10-7-23(8-11-28)16-24(17-31-23)22-4-3-9-30(22)21-6-5-19(25)12-20(21)27-24/h3-6,9,12-13,15,27H,2,7-8,10-11,14,16-17H2,1H3/t24-/m0/s1. The second kappa shape index (κ2) is 7.12. The highest BCUT2D eigenvalue weighted by molar-refractivity contribution is 6.31. The van der Waals surface area contributed by atoms with E-state index >= 15 is 0 Å². The molecular weight excluding hydrogens is 410 g/mol. The predicted molar refractivity (Wildman–Crippen MR) is 122 cm³/mol. The Balaban J connectivity index is 1.20. The van der Waals surface area contributed by atoms with Gasteiger partial charge in [-0.15, -0.1) is 0 Å². The van der Waals surface area contributed by atoms with E-state index in [0.29, 0.717) is 6.61 Å². The van der Waals surface area contributed by atoms with Gasteiger partial charge in [-0.05, 0) is 50.1 Å². The van der Waals surface area contributed by atoms with Gasteiger partial charge in [0.2, 0.25) is 0 Å². The van der Waals surface area contributed by atoms with Crippen LogP contribution in [0.15, 0.2) is 48.9 Å². The molecule has 2 spiro atoms. The van der Waals surface area contributed by atoms with Crippen molar-refractivity contribution in [1.82, 2.24) is 19.2 Å². The van der Waals surface area contributed by atoms with E-state index in [1.165, 1.54) is 11.3 Å². The van der Waals surface area contributed by atoms with Gasteiger partial charge in [0.15, 0.2) is 0 Å². The zero-order chi connectivity index (χ0) is 21.1. The van der Waals surface area contributed by atoms with Crippen molar-refractivity contribution in [2.45, 2.75) is 50.4 Å². The Labute approximate surface area is 187 Å². The molecule has 0 saturated carbocycles. The van der Waals surface area contributed by atoms with Crippen molar-refractivity contribution >= 4 is 17.3 Å². The summed E-state index contributed by atoms with van der Waals surface area (Å²) in [5.74, 6) is 0. The van der Waals surface area contributed by atoms with Crippen LogP contribution in [-0.4, -0.2) is 44.5 Å². The first-order chi connectivity index (χ1) is 15.1. The zero-order valence-corrected chi connectivity index (χ0v) is 18.6. The summed E-state index contributed by atoms with van der Waals surface area (Å²) in [5.41, 5.74) is 4.55. The van der Waals surface area contributed by atoms with Gasteiger partial charge in [0.05, 0.1) is 35.5 Å². The lowest BCUT2D eigenvalue weighted by Crippen LogP contribution is -2.46. The highest BCUT2D eigenvalue weighted by Crippen LogP contribution is 2.50. The van der Waals surface area contributed by atoms with E-state index < -0.39 is 0 Å². The Morgan fingerprint density at radius 3 is 2.90 bits per heavy atom. The summed E-state index contributed by atoms with van der Waals surface area (Å²) in [6.07, 6.45) is 9.40. The van der Waals surface area contributed by atoms with Crippen molar-refractivity contribution in [3.63, 3.8) is 0 Å². The molecule has 5 heterocycles. The molecule has 1 N–H and O–H groups in total. The van der Waals surface area contributed by atoms with Crippen LogP contribution in [0, 0.1) is 0 Å². The normalized spacial score (nSPS) is 24.3. The fourth-order valence-corrected chi connectivity index (χ4v) is 5.83. The maximum absolute atomic E-state index is 6.61. The Morgan fingerprint density at radius 2 is 2.10 bits per heavy atom. The summed E-state index contributed by atoms with van der Waals surface area (Å²) in [5, 5.41) is 9.00. The molecule has 0 aliphatic carbocycles. The molecule has 1 atom stereocenters. The minimum atomic E-state index is -0.203. The molecule has 6 rings (SSSR count). The second-order valence-corrected chi connectivity index (χ2v) is 9.70. The molecule has 2 saturated heterocycles. The first-order valence-corrected chi connectivity index (χ1v) is 11.6. The van der Waals surface area contributed by atoms with Crippen molar-refractivity contribution in [1.29, 1.82) is 0 Å². The fourth-order valence-electron chi connectivity index (χ4n) is 5.65. The molecule has 0 amide bonds. The molecule has 31 heavy (non-hydrogen) atoms. The lowest BCUT2D eigenvalue weighted by molar-refractivity contribution is -0.0451. The third-order valence-corrected chi connectivity index (χ3v) is 7.50. The minimum absolute atomic E-state index is 0.0672. The Bertz CT molecular complexity index is 1110. The summed E-state index contributed by atoms with van der Waals surface area (Å²) in [4.78, 5) is 2.53. The van der Waals surface area contributed by atoms with Crippen LogP contribution in [-0.2, 0) is 23.4 Å². The van der Waals surface area contributed by atoms with Crippen molar-refractivity contribution in [2.75, 3.05) is 25.0 Å². The molecule has 0 unspecified atom stereocenters. The molecule has 6 nitrogen and oxygen atoms in total. The Morgan fingerprint density at radius 1 is 1.23 bits per heavy atom. The quantitative estimate of drug-likeness (QED) is 0.658. The summed E-state index contributed by atoms with van der Waals surface area (Å²) in [6.45, 7) is 6.80.